The van der Waals surface area contributed by atoms with Crippen LogP contribution in [0.15, 0.2) is 36.5 Å². The average molecular weight is 296 g/mol. The number of amides is 1. The van der Waals surface area contributed by atoms with Crippen LogP contribution in [0.5, 0.6) is 0 Å². The summed E-state index contributed by atoms with van der Waals surface area (Å²) in [6, 6.07) is 9.15. The number of hydrogen-bond donors (Lipinski definition) is 0. The smallest absolute Gasteiger partial charge is 0.415 e. The first-order valence-corrected chi connectivity index (χ1v) is 6.08. The molecular weight excluding hydrogens is 285 g/mol. The van der Waals surface area contributed by atoms with Crippen LogP contribution in [0.1, 0.15) is 5.56 Å². The molecule has 20 heavy (non-hydrogen) atoms. The highest BCUT2D eigenvalue weighted by Gasteiger charge is 2.18. The fraction of sp³-hybridized carbons (Fsp3) is 0.154. The molecule has 2 rings (SSSR count). The van der Waals surface area contributed by atoms with Gasteiger partial charge in [0.05, 0.1) is 6.20 Å². The van der Waals surface area contributed by atoms with E-state index in [1.807, 2.05) is 30.3 Å². The summed E-state index contributed by atoms with van der Waals surface area (Å²) in [4.78, 5) is 19.9. The number of ether oxygens (including phenoxy) is 1. The van der Waals surface area contributed by atoms with Crippen LogP contribution >= 0.6 is 11.6 Å². The van der Waals surface area contributed by atoms with E-state index in [0.29, 0.717) is 0 Å². The molecule has 0 aliphatic rings. The zero-order valence-electron chi connectivity index (χ0n) is 10.6. The van der Waals surface area contributed by atoms with Crippen LogP contribution in [0.25, 0.3) is 0 Å². The van der Waals surface area contributed by atoms with Gasteiger partial charge in [-0.25, -0.2) is 14.2 Å². The van der Waals surface area contributed by atoms with E-state index in [1.165, 1.54) is 7.05 Å². The van der Waals surface area contributed by atoms with Gasteiger partial charge in [-0.2, -0.15) is 4.98 Å². The van der Waals surface area contributed by atoms with E-state index in [1.54, 1.807) is 0 Å². The Morgan fingerprint density at radius 3 is 2.80 bits per heavy atom. The van der Waals surface area contributed by atoms with E-state index in [0.717, 1.165) is 16.7 Å². The number of aromatic nitrogens is 2. The van der Waals surface area contributed by atoms with Crippen LogP contribution in [0.3, 0.4) is 0 Å². The maximum atomic E-state index is 13.5. The molecule has 0 unspecified atom stereocenters. The molecule has 0 atom stereocenters. The lowest BCUT2D eigenvalue weighted by atomic mass is 10.2. The van der Waals surface area contributed by atoms with Crippen LogP contribution in [0, 0.1) is 5.82 Å². The summed E-state index contributed by atoms with van der Waals surface area (Å²) >= 11 is 5.57. The average Bonchev–Trinajstić information content (AvgIpc) is 2.47. The van der Waals surface area contributed by atoms with Crippen LogP contribution in [-0.4, -0.2) is 23.1 Å². The second-order valence-corrected chi connectivity index (χ2v) is 4.25. The Balaban J connectivity index is 2.03. The molecular formula is C13H11ClFN3O2. The van der Waals surface area contributed by atoms with Gasteiger partial charge in [-0.1, -0.05) is 30.3 Å². The molecule has 0 aliphatic carbocycles. The minimum atomic E-state index is -0.756. The van der Waals surface area contributed by atoms with Gasteiger partial charge in [0.2, 0.25) is 5.28 Å². The minimum absolute atomic E-state index is 0.0877. The lowest BCUT2D eigenvalue weighted by Gasteiger charge is -2.16. The highest BCUT2D eigenvalue weighted by atomic mass is 35.5. The van der Waals surface area contributed by atoms with Gasteiger partial charge in [0.1, 0.15) is 6.61 Å². The van der Waals surface area contributed by atoms with Gasteiger partial charge in [0, 0.05) is 7.05 Å². The van der Waals surface area contributed by atoms with E-state index in [2.05, 4.69) is 9.97 Å². The van der Waals surface area contributed by atoms with Gasteiger partial charge in [0.25, 0.3) is 0 Å². The number of carbonyl (C=O) groups excluding carboxylic acids is 1. The Hall–Kier alpha value is -2.21. The molecule has 0 aliphatic heterocycles. The van der Waals surface area contributed by atoms with Crippen molar-refractivity contribution in [2.75, 3.05) is 11.9 Å². The summed E-state index contributed by atoms with van der Waals surface area (Å²) in [6.45, 7) is 0.0877. The van der Waals surface area contributed by atoms with Gasteiger partial charge < -0.3 is 4.74 Å². The molecule has 0 N–H and O–H groups in total. The van der Waals surface area contributed by atoms with Gasteiger partial charge in [-0.05, 0) is 17.2 Å². The summed E-state index contributed by atoms with van der Waals surface area (Å²) in [6.07, 6.45) is 0.161. The third-order valence-corrected chi connectivity index (χ3v) is 2.68. The lowest BCUT2D eigenvalue weighted by Crippen LogP contribution is -2.28. The number of nitrogens with zero attached hydrogens (tertiary/aromatic N) is 3. The molecule has 0 saturated heterocycles. The highest BCUT2D eigenvalue weighted by Crippen LogP contribution is 2.17. The number of rotatable bonds is 3. The highest BCUT2D eigenvalue weighted by molar-refractivity contribution is 6.28. The SMILES string of the molecule is CN(C(=O)OCc1ccccc1)c1nc(Cl)ncc1F. The zero-order valence-corrected chi connectivity index (χ0v) is 11.3. The predicted molar refractivity (Wildman–Crippen MR) is 72.0 cm³/mol. The van der Waals surface area contributed by atoms with E-state index >= 15 is 0 Å². The molecule has 1 aromatic carbocycles. The van der Waals surface area contributed by atoms with Gasteiger partial charge in [-0.15, -0.1) is 0 Å². The quantitative estimate of drug-likeness (QED) is 0.817. The van der Waals surface area contributed by atoms with Crippen molar-refractivity contribution in [2.45, 2.75) is 6.61 Å². The second kappa shape index (κ2) is 6.29. The van der Waals surface area contributed by atoms with E-state index < -0.39 is 11.9 Å². The maximum Gasteiger partial charge on any atom is 0.415 e. The van der Waals surface area contributed by atoms with Gasteiger partial charge >= 0.3 is 6.09 Å². The number of hydrogen-bond acceptors (Lipinski definition) is 4. The molecule has 5 nitrogen and oxygen atoms in total. The molecule has 1 amide bonds. The predicted octanol–water partition coefficient (Wildman–Crippen LogP) is 3.04. The van der Waals surface area contributed by atoms with Crippen molar-refractivity contribution in [1.82, 2.24) is 9.97 Å². The number of benzene rings is 1. The standard InChI is InChI=1S/C13H11ClFN3O2/c1-18(11-10(15)7-16-12(14)17-11)13(19)20-8-9-5-3-2-4-6-9/h2-7H,8H2,1H3. The molecule has 0 fully saturated rings. The largest absolute Gasteiger partial charge is 0.444 e. The molecule has 2 aromatic rings. The van der Waals surface area contributed by atoms with Crippen molar-refractivity contribution in [2.24, 2.45) is 0 Å². The molecule has 0 spiro atoms. The van der Waals surface area contributed by atoms with Crippen molar-refractivity contribution in [3.63, 3.8) is 0 Å². The van der Waals surface area contributed by atoms with Crippen molar-refractivity contribution < 1.29 is 13.9 Å². The normalized spacial score (nSPS) is 10.2. The third kappa shape index (κ3) is 3.42. The summed E-state index contributed by atoms with van der Waals surface area (Å²) in [5.41, 5.74) is 0.829. The minimum Gasteiger partial charge on any atom is -0.444 e. The first kappa shape index (κ1) is 14.2. The Morgan fingerprint density at radius 1 is 1.40 bits per heavy atom. The first-order valence-electron chi connectivity index (χ1n) is 5.70. The van der Waals surface area contributed by atoms with Crippen molar-refractivity contribution in [3.8, 4) is 0 Å². The summed E-state index contributed by atoms with van der Waals surface area (Å²) in [7, 11) is 1.34. The van der Waals surface area contributed by atoms with Crippen molar-refractivity contribution >= 4 is 23.5 Å². The Bertz CT molecular complexity index is 610. The monoisotopic (exact) mass is 295 g/mol. The van der Waals surface area contributed by atoms with Crippen LogP contribution in [0.2, 0.25) is 5.28 Å². The molecule has 1 aromatic heterocycles. The summed E-state index contributed by atoms with van der Waals surface area (Å²) in [5, 5.41) is -0.149. The number of carbonyl (C=O) groups is 1. The van der Waals surface area contributed by atoms with Crippen molar-refractivity contribution in [1.29, 1.82) is 0 Å². The maximum absolute atomic E-state index is 13.5. The number of anilines is 1. The fourth-order valence-corrected chi connectivity index (χ4v) is 1.60. The van der Waals surface area contributed by atoms with E-state index in [-0.39, 0.29) is 17.7 Å². The molecule has 1 heterocycles. The van der Waals surface area contributed by atoms with Gasteiger partial charge in [-0.3, -0.25) is 4.90 Å². The number of halogens is 2. The van der Waals surface area contributed by atoms with Crippen LogP contribution in [-0.2, 0) is 11.3 Å². The zero-order chi connectivity index (χ0) is 14.5. The molecule has 0 radical (unpaired) electrons. The Morgan fingerprint density at radius 2 is 2.10 bits per heavy atom. The molecule has 7 heteroatoms. The van der Waals surface area contributed by atoms with Crippen LogP contribution in [0.4, 0.5) is 15.0 Å². The Labute approximate surface area is 120 Å². The topological polar surface area (TPSA) is 55.3 Å². The Kier molecular flexibility index (Phi) is 4.47. The summed E-state index contributed by atoms with van der Waals surface area (Å²) in [5.74, 6) is -0.989. The third-order valence-electron chi connectivity index (χ3n) is 2.49. The molecule has 104 valence electrons. The van der Waals surface area contributed by atoms with E-state index in [4.69, 9.17) is 16.3 Å². The van der Waals surface area contributed by atoms with Crippen LogP contribution < -0.4 is 4.90 Å². The van der Waals surface area contributed by atoms with Gasteiger partial charge in [0.15, 0.2) is 11.6 Å². The summed E-state index contributed by atoms with van der Waals surface area (Å²) < 4.78 is 18.6. The van der Waals surface area contributed by atoms with E-state index in [9.17, 15) is 9.18 Å². The molecule has 0 saturated carbocycles. The molecule has 0 bridgehead atoms. The first-order chi connectivity index (χ1) is 9.58. The second-order valence-electron chi connectivity index (χ2n) is 3.91. The van der Waals surface area contributed by atoms with Crippen molar-refractivity contribution in [3.05, 3.63) is 53.2 Å². The fourth-order valence-electron chi connectivity index (χ4n) is 1.48. The lowest BCUT2D eigenvalue weighted by molar-refractivity contribution is 0.148.